The van der Waals surface area contributed by atoms with Crippen LogP contribution in [0, 0.1) is 11.3 Å². The quantitative estimate of drug-likeness (QED) is 0.562. The molecule has 3 aromatic heterocycles. The maximum absolute atomic E-state index is 12.4. The van der Waals surface area contributed by atoms with E-state index in [0.717, 1.165) is 52.0 Å². The second kappa shape index (κ2) is 7.89. The van der Waals surface area contributed by atoms with Crippen LogP contribution in [0.2, 0.25) is 0 Å². The van der Waals surface area contributed by atoms with Gasteiger partial charge in [0.25, 0.3) is 0 Å². The number of thiophene rings is 2. The Labute approximate surface area is 169 Å². The highest BCUT2D eigenvalue weighted by molar-refractivity contribution is 7.99. The molecule has 0 spiro atoms. The predicted octanol–water partition coefficient (Wildman–Crippen LogP) is 4.91. The minimum Gasteiger partial charge on any atom is -0.337 e. The number of aromatic amines is 1. The summed E-state index contributed by atoms with van der Waals surface area (Å²) in [6.07, 6.45) is 3.47. The van der Waals surface area contributed by atoms with Gasteiger partial charge in [-0.1, -0.05) is 23.9 Å². The first-order valence-corrected chi connectivity index (χ1v) is 11.5. The molecular weight excluding hydrogens is 396 g/mol. The van der Waals surface area contributed by atoms with Gasteiger partial charge in [0.15, 0.2) is 5.16 Å². The number of aromatic nitrogens is 2. The van der Waals surface area contributed by atoms with Gasteiger partial charge in [-0.05, 0) is 48.6 Å². The van der Waals surface area contributed by atoms with E-state index in [1.54, 1.807) is 22.7 Å². The molecule has 8 heteroatoms. The van der Waals surface area contributed by atoms with Crippen molar-refractivity contribution in [2.24, 2.45) is 0 Å². The lowest BCUT2D eigenvalue weighted by Crippen LogP contribution is -2.45. The average Bonchev–Trinajstić information content (AvgIpc) is 3.47. The van der Waals surface area contributed by atoms with E-state index >= 15 is 0 Å². The molecule has 0 saturated heterocycles. The molecule has 1 aliphatic carbocycles. The van der Waals surface area contributed by atoms with Crippen LogP contribution in [-0.2, 0) is 4.79 Å². The number of thioether (sulfide) groups is 1. The number of hydrogen-bond acceptors (Lipinski definition) is 6. The smallest absolute Gasteiger partial charge is 0.231 e. The van der Waals surface area contributed by atoms with E-state index in [2.05, 4.69) is 28.5 Å². The van der Waals surface area contributed by atoms with Crippen molar-refractivity contribution in [3.8, 4) is 27.2 Å². The maximum atomic E-state index is 12.4. The first-order valence-electron chi connectivity index (χ1n) is 8.72. The van der Waals surface area contributed by atoms with Gasteiger partial charge in [-0.25, -0.2) is 4.98 Å². The number of carbonyl (C=O) groups excluding carboxylic acids is 1. The number of amides is 1. The largest absolute Gasteiger partial charge is 0.337 e. The monoisotopic (exact) mass is 414 g/mol. The van der Waals surface area contributed by atoms with Crippen LogP contribution in [0.1, 0.15) is 25.7 Å². The normalized spacial score (nSPS) is 15.5. The zero-order chi connectivity index (χ0) is 18.7. The topological polar surface area (TPSA) is 81.6 Å². The number of H-pyrrole nitrogens is 1. The minimum absolute atomic E-state index is 0.116. The van der Waals surface area contributed by atoms with Gasteiger partial charge >= 0.3 is 0 Å². The molecule has 0 aromatic carbocycles. The fourth-order valence-corrected chi connectivity index (χ4v) is 5.41. The van der Waals surface area contributed by atoms with E-state index < -0.39 is 5.54 Å². The highest BCUT2D eigenvalue weighted by Gasteiger charge is 2.35. The molecule has 1 amide bonds. The van der Waals surface area contributed by atoms with Crippen LogP contribution in [0.3, 0.4) is 0 Å². The molecule has 1 saturated carbocycles. The van der Waals surface area contributed by atoms with Crippen LogP contribution < -0.4 is 5.32 Å². The third-order valence-electron chi connectivity index (χ3n) is 4.59. The fraction of sp³-hybridized carbons (Fsp3) is 0.316. The molecule has 0 bridgehead atoms. The van der Waals surface area contributed by atoms with Crippen molar-refractivity contribution in [3.63, 3.8) is 0 Å². The van der Waals surface area contributed by atoms with Gasteiger partial charge in [0.05, 0.1) is 27.3 Å². The van der Waals surface area contributed by atoms with Crippen LogP contribution in [0.25, 0.3) is 21.1 Å². The molecule has 4 rings (SSSR count). The van der Waals surface area contributed by atoms with Crippen LogP contribution in [0.4, 0.5) is 0 Å². The van der Waals surface area contributed by atoms with E-state index in [-0.39, 0.29) is 11.7 Å². The summed E-state index contributed by atoms with van der Waals surface area (Å²) in [5.74, 6) is 0.125. The van der Waals surface area contributed by atoms with E-state index in [1.807, 2.05) is 22.9 Å². The van der Waals surface area contributed by atoms with Gasteiger partial charge in [-0.15, -0.1) is 22.7 Å². The van der Waals surface area contributed by atoms with E-state index in [4.69, 9.17) is 4.98 Å². The van der Waals surface area contributed by atoms with Gasteiger partial charge in [0.2, 0.25) is 5.91 Å². The molecule has 0 aliphatic heterocycles. The number of carbonyl (C=O) groups is 1. The third-order valence-corrected chi connectivity index (χ3v) is 7.23. The molecule has 0 radical (unpaired) electrons. The van der Waals surface area contributed by atoms with Crippen molar-refractivity contribution >= 4 is 40.3 Å². The predicted molar refractivity (Wildman–Crippen MR) is 111 cm³/mol. The van der Waals surface area contributed by atoms with Crippen LogP contribution >= 0.6 is 34.4 Å². The van der Waals surface area contributed by atoms with Gasteiger partial charge in [0, 0.05) is 0 Å². The lowest BCUT2D eigenvalue weighted by Gasteiger charge is -2.21. The van der Waals surface area contributed by atoms with Gasteiger partial charge in [-0.3, -0.25) is 4.79 Å². The summed E-state index contributed by atoms with van der Waals surface area (Å²) in [6.45, 7) is 0. The Morgan fingerprint density at radius 3 is 2.59 bits per heavy atom. The Morgan fingerprint density at radius 2 is 1.96 bits per heavy atom. The summed E-state index contributed by atoms with van der Waals surface area (Å²) < 4.78 is 0. The zero-order valence-electron chi connectivity index (χ0n) is 14.5. The van der Waals surface area contributed by atoms with Crippen molar-refractivity contribution in [1.29, 1.82) is 5.26 Å². The lowest BCUT2D eigenvalue weighted by atomic mass is 10.0. The molecule has 0 unspecified atom stereocenters. The van der Waals surface area contributed by atoms with Crippen molar-refractivity contribution in [1.82, 2.24) is 15.3 Å². The number of hydrogen-bond donors (Lipinski definition) is 2. The molecule has 5 nitrogen and oxygen atoms in total. The Hall–Kier alpha value is -2.08. The summed E-state index contributed by atoms with van der Waals surface area (Å²) in [7, 11) is 0. The maximum Gasteiger partial charge on any atom is 0.231 e. The number of rotatable bonds is 6. The second-order valence-electron chi connectivity index (χ2n) is 6.46. The van der Waals surface area contributed by atoms with Crippen LogP contribution in [0.5, 0.6) is 0 Å². The Balaban J connectivity index is 1.49. The van der Waals surface area contributed by atoms with E-state index in [9.17, 15) is 10.1 Å². The Morgan fingerprint density at radius 1 is 1.26 bits per heavy atom. The van der Waals surface area contributed by atoms with Gasteiger partial charge in [0.1, 0.15) is 11.2 Å². The van der Waals surface area contributed by atoms with Crippen molar-refractivity contribution in [2.45, 2.75) is 36.4 Å². The first-order chi connectivity index (χ1) is 13.2. The number of nitriles is 1. The number of imidazole rings is 1. The molecule has 2 N–H and O–H groups in total. The van der Waals surface area contributed by atoms with Crippen molar-refractivity contribution in [3.05, 3.63) is 35.0 Å². The van der Waals surface area contributed by atoms with Crippen LogP contribution in [0.15, 0.2) is 40.2 Å². The molecule has 3 heterocycles. The average molecular weight is 415 g/mol. The van der Waals surface area contributed by atoms with Crippen LogP contribution in [-0.4, -0.2) is 27.2 Å². The van der Waals surface area contributed by atoms with E-state index in [0.29, 0.717) is 0 Å². The third kappa shape index (κ3) is 3.95. The summed E-state index contributed by atoms with van der Waals surface area (Å²) in [5, 5.41) is 17.1. The van der Waals surface area contributed by atoms with Gasteiger partial charge < -0.3 is 10.3 Å². The van der Waals surface area contributed by atoms with E-state index in [1.165, 1.54) is 11.8 Å². The molecular formula is C19H18N4OS3. The Kier molecular flexibility index (Phi) is 5.34. The molecule has 0 atom stereocenters. The zero-order valence-corrected chi connectivity index (χ0v) is 17.0. The highest BCUT2D eigenvalue weighted by atomic mass is 32.2. The molecule has 1 aliphatic rings. The Bertz CT molecular complexity index is 896. The summed E-state index contributed by atoms with van der Waals surface area (Å²) in [4.78, 5) is 22.7. The lowest BCUT2D eigenvalue weighted by molar-refractivity contribution is -0.119. The molecule has 1 fully saturated rings. The van der Waals surface area contributed by atoms with Crippen molar-refractivity contribution < 1.29 is 4.79 Å². The molecule has 27 heavy (non-hydrogen) atoms. The SMILES string of the molecule is N#CC1(NC(=O)CSc2nc(-c3cccs3)c(-c3cccs3)[nH]2)CCCC1. The standard InChI is InChI=1S/C19H18N4OS3/c20-12-19(7-1-2-8-19)23-15(24)11-27-18-21-16(13-5-3-9-25-13)17(22-18)14-6-4-10-26-14/h3-6,9-10H,1-2,7-8,11H2,(H,21,22)(H,23,24). The summed E-state index contributed by atoms with van der Waals surface area (Å²) >= 11 is 4.68. The second-order valence-corrected chi connectivity index (χ2v) is 9.32. The number of nitrogens with zero attached hydrogens (tertiary/aromatic N) is 2. The van der Waals surface area contributed by atoms with Gasteiger partial charge in [-0.2, -0.15) is 5.26 Å². The fourth-order valence-electron chi connectivity index (χ4n) is 3.29. The van der Waals surface area contributed by atoms with Crippen molar-refractivity contribution in [2.75, 3.05) is 5.75 Å². The summed E-state index contributed by atoms with van der Waals surface area (Å²) in [6, 6.07) is 10.4. The molecule has 3 aromatic rings. The molecule has 138 valence electrons. The highest BCUT2D eigenvalue weighted by Crippen LogP contribution is 2.37. The minimum atomic E-state index is -0.676. The number of nitrogens with one attached hydrogen (secondary N) is 2. The first kappa shape index (κ1) is 18.3. The summed E-state index contributed by atoms with van der Waals surface area (Å²) in [5.41, 5.74) is 1.23.